The van der Waals surface area contributed by atoms with Gasteiger partial charge in [-0.1, -0.05) is 18.2 Å². The van der Waals surface area contributed by atoms with Crippen molar-refractivity contribution in [2.75, 3.05) is 7.11 Å². The van der Waals surface area contributed by atoms with Crippen molar-refractivity contribution in [1.82, 2.24) is 0 Å². The maximum Gasteiger partial charge on any atom is 0.169 e. The van der Waals surface area contributed by atoms with E-state index in [9.17, 15) is 4.39 Å². The summed E-state index contributed by atoms with van der Waals surface area (Å²) in [5, 5.41) is 0. The molecule has 4 heteroatoms. The van der Waals surface area contributed by atoms with E-state index >= 15 is 0 Å². The van der Waals surface area contributed by atoms with E-state index in [-0.39, 0.29) is 11.8 Å². The molecule has 2 N–H and O–H groups in total. The van der Waals surface area contributed by atoms with E-state index in [4.69, 9.17) is 15.2 Å². The van der Waals surface area contributed by atoms with Gasteiger partial charge in [-0.05, 0) is 36.8 Å². The summed E-state index contributed by atoms with van der Waals surface area (Å²) in [6.45, 7) is 1.80. The highest BCUT2D eigenvalue weighted by atomic mass is 19.1. The lowest BCUT2D eigenvalue weighted by atomic mass is 10.1. The smallest absolute Gasteiger partial charge is 0.169 e. The van der Waals surface area contributed by atoms with Crippen molar-refractivity contribution >= 4 is 0 Å². The number of halogens is 1. The van der Waals surface area contributed by atoms with Crippen LogP contribution in [0, 0.1) is 5.82 Å². The highest BCUT2D eigenvalue weighted by Gasteiger charge is 2.10. The van der Waals surface area contributed by atoms with Gasteiger partial charge in [-0.15, -0.1) is 0 Å². The van der Waals surface area contributed by atoms with Crippen LogP contribution < -0.4 is 15.2 Å². The molecule has 0 aliphatic carbocycles. The lowest BCUT2D eigenvalue weighted by molar-refractivity contribution is 0.371. The van der Waals surface area contributed by atoms with E-state index in [2.05, 4.69) is 0 Å². The van der Waals surface area contributed by atoms with Crippen LogP contribution in [0.15, 0.2) is 42.5 Å². The second-order valence-electron chi connectivity index (χ2n) is 4.23. The highest BCUT2D eigenvalue weighted by molar-refractivity contribution is 5.43. The number of para-hydroxylation sites is 2. The van der Waals surface area contributed by atoms with E-state index in [1.54, 1.807) is 37.3 Å². The Kier molecular flexibility index (Phi) is 4.02. The molecule has 0 amide bonds. The number of benzene rings is 2. The molecule has 0 bridgehead atoms. The third-order valence-corrected chi connectivity index (χ3v) is 2.77. The number of methoxy groups -OCH3 is 1. The SMILES string of the molecule is COc1ccccc1Oc1ccc([C@H](C)N)cc1F. The van der Waals surface area contributed by atoms with Gasteiger partial charge in [0.15, 0.2) is 23.1 Å². The Balaban J connectivity index is 2.28. The van der Waals surface area contributed by atoms with Gasteiger partial charge in [0.2, 0.25) is 0 Å². The molecule has 0 saturated carbocycles. The summed E-state index contributed by atoms with van der Waals surface area (Å²) < 4.78 is 24.6. The fourth-order valence-electron chi connectivity index (χ4n) is 1.70. The van der Waals surface area contributed by atoms with Gasteiger partial charge >= 0.3 is 0 Å². The fourth-order valence-corrected chi connectivity index (χ4v) is 1.70. The third-order valence-electron chi connectivity index (χ3n) is 2.77. The maximum atomic E-state index is 13.9. The van der Waals surface area contributed by atoms with E-state index in [0.29, 0.717) is 11.5 Å². The Morgan fingerprint density at radius 3 is 2.32 bits per heavy atom. The molecule has 0 spiro atoms. The van der Waals surface area contributed by atoms with Gasteiger partial charge in [-0.2, -0.15) is 0 Å². The molecule has 0 aliphatic rings. The lowest BCUT2D eigenvalue weighted by Crippen LogP contribution is -2.05. The first kappa shape index (κ1) is 13.4. The standard InChI is InChI=1S/C15H16FNO2/c1-10(17)11-7-8-13(12(16)9-11)19-15-6-4-3-5-14(15)18-2/h3-10H,17H2,1-2H3/t10-/m0/s1. The summed E-state index contributed by atoms with van der Waals surface area (Å²) in [7, 11) is 1.54. The zero-order valence-corrected chi connectivity index (χ0v) is 10.9. The molecular weight excluding hydrogens is 245 g/mol. The number of hydrogen-bond acceptors (Lipinski definition) is 3. The third kappa shape index (κ3) is 3.03. The molecule has 0 fully saturated rings. The Morgan fingerprint density at radius 2 is 1.74 bits per heavy atom. The molecule has 0 heterocycles. The Bertz CT molecular complexity index is 570. The first-order chi connectivity index (χ1) is 9.11. The van der Waals surface area contributed by atoms with Crippen molar-refractivity contribution in [1.29, 1.82) is 0 Å². The minimum absolute atomic E-state index is 0.147. The summed E-state index contributed by atoms with van der Waals surface area (Å²) in [4.78, 5) is 0. The largest absolute Gasteiger partial charge is 0.493 e. The molecule has 3 nitrogen and oxygen atoms in total. The number of nitrogens with two attached hydrogens (primary N) is 1. The summed E-state index contributed by atoms with van der Waals surface area (Å²) in [5.41, 5.74) is 6.43. The molecule has 2 rings (SSSR count). The zero-order chi connectivity index (χ0) is 13.8. The summed E-state index contributed by atoms with van der Waals surface area (Å²) >= 11 is 0. The van der Waals surface area contributed by atoms with E-state index in [1.807, 2.05) is 6.07 Å². The van der Waals surface area contributed by atoms with Crippen LogP contribution >= 0.6 is 0 Å². The van der Waals surface area contributed by atoms with Crippen molar-refractivity contribution in [2.45, 2.75) is 13.0 Å². The Labute approximate surface area is 111 Å². The van der Waals surface area contributed by atoms with Crippen LogP contribution in [0.2, 0.25) is 0 Å². The summed E-state index contributed by atoms with van der Waals surface area (Å²) in [6.07, 6.45) is 0. The van der Waals surface area contributed by atoms with Crippen molar-refractivity contribution < 1.29 is 13.9 Å². The number of hydrogen-bond donors (Lipinski definition) is 1. The Morgan fingerprint density at radius 1 is 1.05 bits per heavy atom. The molecule has 1 atom stereocenters. The molecule has 0 radical (unpaired) electrons. The lowest BCUT2D eigenvalue weighted by Gasteiger charge is -2.12. The highest BCUT2D eigenvalue weighted by Crippen LogP contribution is 2.32. The van der Waals surface area contributed by atoms with Crippen molar-refractivity contribution in [2.24, 2.45) is 5.73 Å². The van der Waals surface area contributed by atoms with Gasteiger partial charge in [-0.3, -0.25) is 0 Å². The average molecular weight is 261 g/mol. The van der Waals surface area contributed by atoms with Crippen molar-refractivity contribution in [3.05, 3.63) is 53.8 Å². The molecule has 2 aromatic rings. The van der Waals surface area contributed by atoms with Crippen molar-refractivity contribution in [3.8, 4) is 17.2 Å². The van der Waals surface area contributed by atoms with Crippen LogP contribution in [0.1, 0.15) is 18.5 Å². The van der Waals surface area contributed by atoms with Gasteiger partial charge in [0.25, 0.3) is 0 Å². The topological polar surface area (TPSA) is 44.5 Å². The van der Waals surface area contributed by atoms with Crippen LogP contribution in [0.4, 0.5) is 4.39 Å². The van der Waals surface area contributed by atoms with E-state index in [1.165, 1.54) is 13.2 Å². The van der Waals surface area contributed by atoms with E-state index < -0.39 is 5.82 Å². The van der Waals surface area contributed by atoms with Crippen LogP contribution in [0.25, 0.3) is 0 Å². The monoisotopic (exact) mass is 261 g/mol. The van der Waals surface area contributed by atoms with Gasteiger partial charge < -0.3 is 15.2 Å². The van der Waals surface area contributed by atoms with Crippen LogP contribution in [0.3, 0.4) is 0 Å². The second kappa shape index (κ2) is 5.71. The van der Waals surface area contributed by atoms with Gasteiger partial charge in [0, 0.05) is 6.04 Å². The average Bonchev–Trinajstić information content (AvgIpc) is 2.41. The molecule has 0 aromatic heterocycles. The number of ether oxygens (including phenoxy) is 2. The quantitative estimate of drug-likeness (QED) is 0.913. The fraction of sp³-hybridized carbons (Fsp3) is 0.200. The van der Waals surface area contributed by atoms with Crippen molar-refractivity contribution in [3.63, 3.8) is 0 Å². The molecule has 0 aliphatic heterocycles. The summed E-state index contributed by atoms with van der Waals surface area (Å²) in [6, 6.07) is 11.6. The molecule has 0 unspecified atom stereocenters. The first-order valence-corrected chi connectivity index (χ1v) is 5.97. The molecule has 19 heavy (non-hydrogen) atoms. The number of rotatable bonds is 4. The van der Waals surface area contributed by atoms with Gasteiger partial charge in [0.1, 0.15) is 0 Å². The van der Waals surface area contributed by atoms with Crippen LogP contribution in [-0.4, -0.2) is 7.11 Å². The van der Waals surface area contributed by atoms with E-state index in [0.717, 1.165) is 5.56 Å². The van der Waals surface area contributed by atoms with Crippen LogP contribution in [-0.2, 0) is 0 Å². The maximum absolute atomic E-state index is 13.9. The predicted molar refractivity (Wildman–Crippen MR) is 72.1 cm³/mol. The van der Waals surface area contributed by atoms with Gasteiger partial charge in [-0.25, -0.2) is 4.39 Å². The second-order valence-corrected chi connectivity index (χ2v) is 4.23. The summed E-state index contributed by atoms with van der Waals surface area (Å²) in [5.74, 6) is 0.727. The van der Waals surface area contributed by atoms with Crippen LogP contribution in [0.5, 0.6) is 17.2 Å². The molecule has 0 saturated heterocycles. The normalized spacial score (nSPS) is 12.0. The predicted octanol–water partition coefficient (Wildman–Crippen LogP) is 3.65. The molecule has 2 aromatic carbocycles. The zero-order valence-electron chi connectivity index (χ0n) is 10.9. The first-order valence-electron chi connectivity index (χ1n) is 5.97. The Hall–Kier alpha value is -2.07. The minimum Gasteiger partial charge on any atom is -0.493 e. The molecular formula is C15H16FNO2. The minimum atomic E-state index is -0.444. The van der Waals surface area contributed by atoms with Gasteiger partial charge in [0.05, 0.1) is 7.11 Å². The molecule has 100 valence electrons.